The Labute approximate surface area is 151 Å². The van der Waals surface area contributed by atoms with E-state index in [9.17, 15) is 4.79 Å². The Morgan fingerprint density at radius 1 is 1.08 bits per heavy atom. The number of hydrogen-bond acceptors (Lipinski definition) is 6. The minimum Gasteiger partial charge on any atom is -0.494 e. The zero-order valence-corrected chi connectivity index (χ0v) is 14.6. The van der Waals surface area contributed by atoms with Gasteiger partial charge < -0.3 is 13.9 Å². The Hall–Kier alpha value is -3.35. The van der Waals surface area contributed by atoms with E-state index in [0.29, 0.717) is 18.2 Å². The maximum Gasteiger partial charge on any atom is 0.322 e. The van der Waals surface area contributed by atoms with Crippen molar-refractivity contribution < 1.29 is 18.7 Å². The molecule has 0 bridgehead atoms. The number of amides is 1. The first-order chi connectivity index (χ1) is 12.6. The number of nitrogens with zero attached hydrogens (tertiary/aromatic N) is 2. The molecule has 0 unspecified atom stereocenters. The number of rotatable bonds is 7. The summed E-state index contributed by atoms with van der Waals surface area (Å²) in [6.45, 7) is 4.32. The van der Waals surface area contributed by atoms with Crippen LogP contribution in [0.5, 0.6) is 11.5 Å². The molecule has 134 valence electrons. The van der Waals surface area contributed by atoms with Gasteiger partial charge in [0.15, 0.2) is 6.61 Å². The molecule has 1 amide bonds. The van der Waals surface area contributed by atoms with Crippen molar-refractivity contribution in [1.29, 1.82) is 0 Å². The molecule has 1 N–H and O–H groups in total. The summed E-state index contributed by atoms with van der Waals surface area (Å²) in [4.78, 5) is 12.0. The number of carbonyl (C=O) groups excluding carboxylic acids is 1. The van der Waals surface area contributed by atoms with Gasteiger partial charge in [-0.3, -0.25) is 10.1 Å². The molecule has 3 aromatic rings. The number of carbonyl (C=O) groups is 1. The summed E-state index contributed by atoms with van der Waals surface area (Å²) in [7, 11) is 0. The van der Waals surface area contributed by atoms with Crippen LogP contribution in [0.25, 0.3) is 11.5 Å². The van der Waals surface area contributed by atoms with E-state index in [-0.39, 0.29) is 18.5 Å². The van der Waals surface area contributed by atoms with Gasteiger partial charge in [0.1, 0.15) is 11.5 Å². The fourth-order valence-electron chi connectivity index (χ4n) is 2.26. The zero-order valence-electron chi connectivity index (χ0n) is 14.6. The molecule has 3 rings (SSSR count). The van der Waals surface area contributed by atoms with Gasteiger partial charge in [0.05, 0.1) is 6.61 Å². The van der Waals surface area contributed by atoms with Crippen molar-refractivity contribution >= 4 is 11.9 Å². The van der Waals surface area contributed by atoms with Crippen LogP contribution in [-0.2, 0) is 4.79 Å². The second-order valence-electron chi connectivity index (χ2n) is 5.52. The second-order valence-corrected chi connectivity index (χ2v) is 5.52. The highest BCUT2D eigenvalue weighted by molar-refractivity contribution is 5.89. The Morgan fingerprint density at radius 2 is 1.88 bits per heavy atom. The van der Waals surface area contributed by atoms with Crippen LogP contribution in [-0.4, -0.2) is 29.3 Å². The largest absolute Gasteiger partial charge is 0.494 e. The average Bonchev–Trinajstić information content (AvgIpc) is 3.09. The Balaban J connectivity index is 1.56. The van der Waals surface area contributed by atoms with E-state index in [4.69, 9.17) is 13.9 Å². The third-order valence-corrected chi connectivity index (χ3v) is 3.44. The summed E-state index contributed by atoms with van der Waals surface area (Å²) in [6.07, 6.45) is 0. The van der Waals surface area contributed by atoms with Crippen LogP contribution < -0.4 is 14.8 Å². The summed E-state index contributed by atoms with van der Waals surface area (Å²) in [5.74, 6) is 1.31. The molecule has 7 nitrogen and oxygen atoms in total. The summed E-state index contributed by atoms with van der Waals surface area (Å²) in [5, 5.41) is 10.3. The standard InChI is InChI=1S/C19H19N3O4/c1-3-24-15-9-7-14(8-10-15)18-21-22-19(26-18)20-17(23)12-25-16-6-4-5-13(2)11-16/h4-11H,3,12H2,1-2H3,(H,20,22,23). The molecular weight excluding hydrogens is 334 g/mol. The van der Waals surface area contributed by atoms with Gasteiger partial charge in [-0.1, -0.05) is 17.2 Å². The Morgan fingerprint density at radius 3 is 2.62 bits per heavy atom. The lowest BCUT2D eigenvalue weighted by Crippen LogP contribution is -2.20. The van der Waals surface area contributed by atoms with E-state index in [1.54, 1.807) is 6.07 Å². The summed E-state index contributed by atoms with van der Waals surface area (Å²) >= 11 is 0. The van der Waals surface area contributed by atoms with Gasteiger partial charge in [0, 0.05) is 5.56 Å². The smallest absolute Gasteiger partial charge is 0.322 e. The van der Waals surface area contributed by atoms with Crippen molar-refractivity contribution in [1.82, 2.24) is 10.2 Å². The molecule has 1 aromatic heterocycles. The predicted octanol–water partition coefficient (Wildman–Crippen LogP) is 3.46. The van der Waals surface area contributed by atoms with E-state index in [1.165, 1.54) is 0 Å². The van der Waals surface area contributed by atoms with Crippen LogP contribution >= 0.6 is 0 Å². The molecule has 0 radical (unpaired) electrons. The topological polar surface area (TPSA) is 86.5 Å². The van der Waals surface area contributed by atoms with Gasteiger partial charge >= 0.3 is 6.01 Å². The van der Waals surface area contributed by atoms with Crippen molar-refractivity contribution in [3.8, 4) is 23.0 Å². The number of aryl methyl sites for hydroxylation is 1. The van der Waals surface area contributed by atoms with E-state index in [0.717, 1.165) is 16.9 Å². The van der Waals surface area contributed by atoms with E-state index < -0.39 is 0 Å². The van der Waals surface area contributed by atoms with Gasteiger partial charge in [-0.05, 0) is 55.8 Å². The first kappa shape index (κ1) is 17.5. The Kier molecular flexibility index (Phi) is 5.48. The minimum absolute atomic E-state index is 0.0201. The highest BCUT2D eigenvalue weighted by Gasteiger charge is 2.12. The number of anilines is 1. The normalized spacial score (nSPS) is 10.4. The molecule has 0 aliphatic rings. The van der Waals surface area contributed by atoms with Gasteiger partial charge in [-0.25, -0.2) is 0 Å². The van der Waals surface area contributed by atoms with E-state index in [1.807, 2.05) is 56.3 Å². The minimum atomic E-state index is -0.381. The quantitative estimate of drug-likeness (QED) is 0.700. The van der Waals surface area contributed by atoms with Crippen LogP contribution in [0.4, 0.5) is 6.01 Å². The average molecular weight is 353 g/mol. The third kappa shape index (κ3) is 4.60. The molecule has 0 spiro atoms. The first-order valence-corrected chi connectivity index (χ1v) is 8.20. The van der Waals surface area contributed by atoms with Crippen LogP contribution in [0, 0.1) is 6.92 Å². The molecule has 0 aliphatic heterocycles. The third-order valence-electron chi connectivity index (χ3n) is 3.44. The molecule has 26 heavy (non-hydrogen) atoms. The molecule has 0 saturated heterocycles. The SMILES string of the molecule is CCOc1ccc(-c2nnc(NC(=O)COc3cccc(C)c3)o2)cc1. The van der Waals surface area contributed by atoms with Gasteiger partial charge in [0.25, 0.3) is 5.91 Å². The van der Waals surface area contributed by atoms with Gasteiger partial charge in [-0.2, -0.15) is 0 Å². The van der Waals surface area contributed by atoms with E-state index >= 15 is 0 Å². The fourth-order valence-corrected chi connectivity index (χ4v) is 2.26. The number of ether oxygens (including phenoxy) is 2. The monoisotopic (exact) mass is 353 g/mol. The lowest BCUT2D eigenvalue weighted by molar-refractivity contribution is -0.118. The maximum absolute atomic E-state index is 12.0. The van der Waals surface area contributed by atoms with Crippen molar-refractivity contribution in [2.24, 2.45) is 0 Å². The van der Waals surface area contributed by atoms with Gasteiger partial charge in [0.2, 0.25) is 5.89 Å². The lowest BCUT2D eigenvalue weighted by atomic mass is 10.2. The zero-order chi connectivity index (χ0) is 18.4. The van der Waals surface area contributed by atoms with Crippen molar-refractivity contribution in [2.75, 3.05) is 18.5 Å². The van der Waals surface area contributed by atoms with Crippen molar-refractivity contribution in [2.45, 2.75) is 13.8 Å². The lowest BCUT2D eigenvalue weighted by Gasteiger charge is -2.05. The van der Waals surface area contributed by atoms with Crippen molar-refractivity contribution in [3.05, 3.63) is 54.1 Å². The highest BCUT2D eigenvalue weighted by Crippen LogP contribution is 2.22. The fraction of sp³-hybridized carbons (Fsp3) is 0.211. The molecule has 0 atom stereocenters. The molecule has 0 aliphatic carbocycles. The Bertz CT molecular complexity index is 875. The first-order valence-electron chi connectivity index (χ1n) is 8.20. The van der Waals surface area contributed by atoms with Crippen LogP contribution in [0.3, 0.4) is 0 Å². The number of hydrogen-bond donors (Lipinski definition) is 1. The predicted molar refractivity (Wildman–Crippen MR) is 96.2 cm³/mol. The second kappa shape index (κ2) is 8.15. The number of aromatic nitrogens is 2. The molecule has 0 fully saturated rings. The molecule has 1 heterocycles. The highest BCUT2D eigenvalue weighted by atomic mass is 16.5. The summed E-state index contributed by atoms with van der Waals surface area (Å²) < 4.78 is 16.3. The van der Waals surface area contributed by atoms with Crippen LogP contribution in [0.2, 0.25) is 0 Å². The summed E-state index contributed by atoms with van der Waals surface area (Å²) in [5.41, 5.74) is 1.79. The number of benzene rings is 2. The molecule has 7 heteroatoms. The number of nitrogens with one attached hydrogen (secondary N) is 1. The molecular formula is C19H19N3O4. The maximum atomic E-state index is 12.0. The van der Waals surface area contributed by atoms with Crippen LogP contribution in [0.15, 0.2) is 52.9 Å². The van der Waals surface area contributed by atoms with Gasteiger partial charge in [-0.15, -0.1) is 5.10 Å². The summed E-state index contributed by atoms with van der Waals surface area (Å²) in [6, 6.07) is 14.7. The van der Waals surface area contributed by atoms with E-state index in [2.05, 4.69) is 15.5 Å². The van der Waals surface area contributed by atoms with Crippen molar-refractivity contribution in [3.63, 3.8) is 0 Å². The molecule has 2 aromatic carbocycles. The molecule has 0 saturated carbocycles. The van der Waals surface area contributed by atoms with Crippen LogP contribution in [0.1, 0.15) is 12.5 Å².